The number of aromatic nitrogens is 1. The predicted molar refractivity (Wildman–Crippen MR) is 189 cm³/mol. The first-order valence-corrected chi connectivity index (χ1v) is 16.7. The van der Waals surface area contributed by atoms with Gasteiger partial charge in [-0.2, -0.15) is 5.26 Å². The molecule has 5 aromatic rings. The topological polar surface area (TPSA) is 103 Å². The molecule has 1 unspecified atom stereocenters. The Morgan fingerprint density at radius 1 is 1.08 bits per heavy atom. The van der Waals surface area contributed by atoms with Gasteiger partial charge in [0, 0.05) is 11.1 Å². The average molecular weight is 772 g/mol. The first-order valence-electron chi connectivity index (χ1n) is 14.8. The Labute approximate surface area is 292 Å². The average Bonchev–Trinajstić information content (AvgIpc) is 3.41. The number of nitrogens with zero attached hydrogens (tertiary/aromatic N) is 3. The molecular weight excluding hydrogens is 744 g/mol. The Morgan fingerprint density at radius 2 is 1.81 bits per heavy atom. The molecule has 0 N–H and O–H groups in total. The minimum Gasteiger partial charge on any atom is -0.493 e. The zero-order chi connectivity index (χ0) is 33.8. The fourth-order valence-corrected chi connectivity index (χ4v) is 7.20. The maximum atomic E-state index is 14.2. The Bertz CT molecular complexity index is 2280. The fraction of sp³-hybridized carbons (Fsp3) is 0.135. The van der Waals surface area contributed by atoms with Crippen LogP contribution in [0, 0.1) is 20.7 Å². The molecular formula is C37H27FIN3O5S. The summed E-state index contributed by atoms with van der Waals surface area (Å²) >= 11 is 3.33. The van der Waals surface area contributed by atoms with E-state index < -0.39 is 17.8 Å². The van der Waals surface area contributed by atoms with Crippen LogP contribution >= 0.6 is 33.9 Å². The molecule has 0 radical (unpaired) electrons. The van der Waals surface area contributed by atoms with E-state index in [0.717, 1.165) is 9.13 Å². The van der Waals surface area contributed by atoms with Gasteiger partial charge in [0.25, 0.3) is 5.56 Å². The summed E-state index contributed by atoms with van der Waals surface area (Å²) in [7, 11) is 1.53. The third-order valence-corrected chi connectivity index (χ3v) is 9.40. The van der Waals surface area contributed by atoms with Crippen molar-refractivity contribution in [2.75, 3.05) is 13.7 Å². The first-order chi connectivity index (χ1) is 23.3. The number of halogens is 2. The van der Waals surface area contributed by atoms with Crippen LogP contribution in [0.3, 0.4) is 0 Å². The van der Waals surface area contributed by atoms with E-state index in [2.05, 4.69) is 28.7 Å². The lowest BCUT2D eigenvalue weighted by Crippen LogP contribution is -2.40. The van der Waals surface area contributed by atoms with Gasteiger partial charge >= 0.3 is 5.97 Å². The van der Waals surface area contributed by atoms with Crippen molar-refractivity contribution in [3.05, 3.63) is 153 Å². The predicted octanol–water partition coefficient (Wildman–Crippen LogP) is 6.14. The third-order valence-electron chi connectivity index (χ3n) is 7.62. The summed E-state index contributed by atoms with van der Waals surface area (Å²) in [5.41, 5.74) is 3.36. The Kier molecular flexibility index (Phi) is 9.84. The molecule has 0 saturated carbocycles. The van der Waals surface area contributed by atoms with Gasteiger partial charge in [0.05, 0.1) is 50.8 Å². The molecule has 1 aliphatic rings. The molecule has 6 rings (SSSR count). The first kappa shape index (κ1) is 32.9. The number of rotatable bonds is 9. The minimum atomic E-state index is -0.917. The van der Waals surface area contributed by atoms with Gasteiger partial charge in [0.1, 0.15) is 12.4 Å². The van der Waals surface area contributed by atoms with Crippen molar-refractivity contribution in [1.29, 1.82) is 5.26 Å². The lowest BCUT2D eigenvalue weighted by molar-refractivity contribution is -0.138. The number of benzene rings is 4. The van der Waals surface area contributed by atoms with Crippen molar-refractivity contribution in [1.82, 2.24) is 4.57 Å². The van der Waals surface area contributed by atoms with Crippen LogP contribution in [-0.4, -0.2) is 24.3 Å². The minimum absolute atomic E-state index is 0.121. The number of thiazole rings is 1. The SMILES string of the molecule is CCOC(=O)C1=C(c2ccccc2)N=c2sc(=Cc3cc(I)c(OCc4ccccc4C#N)c(OC)c3)c(=O)n2C1c1ccc(F)cc1. The van der Waals surface area contributed by atoms with E-state index in [1.807, 2.05) is 48.5 Å². The summed E-state index contributed by atoms with van der Waals surface area (Å²) < 4.78 is 33.9. The second kappa shape index (κ2) is 14.4. The molecule has 11 heteroatoms. The number of carbonyl (C=O) groups excluding carboxylic acids is 1. The summed E-state index contributed by atoms with van der Waals surface area (Å²) in [5.74, 6) is -0.0970. The van der Waals surface area contributed by atoms with E-state index in [9.17, 15) is 19.2 Å². The van der Waals surface area contributed by atoms with Crippen molar-refractivity contribution >= 4 is 51.7 Å². The lowest BCUT2D eigenvalue weighted by atomic mass is 9.93. The van der Waals surface area contributed by atoms with Crippen LogP contribution in [-0.2, 0) is 16.1 Å². The van der Waals surface area contributed by atoms with Gasteiger partial charge in [-0.1, -0.05) is 72.0 Å². The summed E-state index contributed by atoms with van der Waals surface area (Å²) in [4.78, 5) is 33.0. The molecule has 48 heavy (non-hydrogen) atoms. The highest BCUT2D eigenvalue weighted by Gasteiger charge is 2.35. The van der Waals surface area contributed by atoms with Crippen molar-refractivity contribution < 1.29 is 23.4 Å². The van der Waals surface area contributed by atoms with E-state index >= 15 is 0 Å². The molecule has 240 valence electrons. The van der Waals surface area contributed by atoms with Crippen LogP contribution in [0.4, 0.5) is 4.39 Å². The quantitative estimate of drug-likeness (QED) is 0.132. The molecule has 0 spiro atoms. The maximum Gasteiger partial charge on any atom is 0.338 e. The van der Waals surface area contributed by atoms with E-state index in [1.54, 1.807) is 43.3 Å². The van der Waals surface area contributed by atoms with Crippen molar-refractivity contribution in [3.63, 3.8) is 0 Å². The fourth-order valence-electron chi connectivity index (χ4n) is 5.42. The Hall–Kier alpha value is -5.06. The number of nitriles is 1. The van der Waals surface area contributed by atoms with Gasteiger partial charge in [0.15, 0.2) is 16.3 Å². The van der Waals surface area contributed by atoms with Gasteiger partial charge in [0.2, 0.25) is 0 Å². The van der Waals surface area contributed by atoms with E-state index in [1.165, 1.54) is 35.1 Å². The standard InChI is InChI=1S/C37H27FIN3O5S/c1-3-46-36(44)31-32(23-9-5-4-6-10-23)41-37-42(33(31)24-13-15-27(38)16-14-24)35(43)30(48-37)19-22-17-28(39)34(29(18-22)45-2)47-21-26-12-8-7-11-25(26)20-40/h4-19,33H,3,21H2,1-2H3. The second-order valence-corrected chi connectivity index (χ2v) is 12.7. The number of hydrogen-bond donors (Lipinski definition) is 0. The molecule has 4 aromatic carbocycles. The van der Waals surface area contributed by atoms with Crippen LogP contribution in [0.2, 0.25) is 0 Å². The number of ether oxygens (including phenoxy) is 3. The molecule has 0 saturated heterocycles. The van der Waals surface area contributed by atoms with Crippen LogP contribution in [0.15, 0.2) is 106 Å². The molecule has 0 fully saturated rings. The zero-order valence-corrected chi connectivity index (χ0v) is 28.8. The number of esters is 1. The second-order valence-electron chi connectivity index (χ2n) is 10.6. The Morgan fingerprint density at radius 3 is 2.52 bits per heavy atom. The van der Waals surface area contributed by atoms with Gasteiger partial charge in [-0.05, 0) is 77.0 Å². The molecule has 8 nitrogen and oxygen atoms in total. The number of fused-ring (bicyclic) bond motifs is 1. The molecule has 1 atom stereocenters. The monoisotopic (exact) mass is 771 g/mol. The molecule has 0 amide bonds. The van der Waals surface area contributed by atoms with Crippen LogP contribution in [0.5, 0.6) is 11.5 Å². The van der Waals surface area contributed by atoms with Crippen LogP contribution in [0.25, 0.3) is 11.8 Å². The summed E-state index contributed by atoms with van der Waals surface area (Å²) in [6.45, 7) is 2.00. The van der Waals surface area contributed by atoms with Crippen LogP contribution < -0.4 is 24.4 Å². The number of hydrogen-bond acceptors (Lipinski definition) is 8. The van der Waals surface area contributed by atoms with Gasteiger partial charge < -0.3 is 14.2 Å². The summed E-state index contributed by atoms with van der Waals surface area (Å²) in [6.07, 6.45) is 1.74. The third kappa shape index (κ3) is 6.54. The largest absolute Gasteiger partial charge is 0.493 e. The van der Waals surface area contributed by atoms with Crippen LogP contribution in [0.1, 0.15) is 40.8 Å². The molecule has 0 bridgehead atoms. The molecule has 1 aromatic heterocycles. The van der Waals surface area contributed by atoms with Crippen molar-refractivity contribution in [3.8, 4) is 17.6 Å². The van der Waals surface area contributed by atoms with Gasteiger partial charge in [-0.3, -0.25) is 9.36 Å². The number of methoxy groups -OCH3 is 1. The van der Waals surface area contributed by atoms with E-state index in [0.29, 0.717) is 48.8 Å². The van der Waals surface area contributed by atoms with Gasteiger partial charge in [-0.25, -0.2) is 14.2 Å². The van der Waals surface area contributed by atoms with Crippen molar-refractivity contribution in [2.45, 2.75) is 19.6 Å². The molecule has 0 aliphatic carbocycles. The summed E-state index contributed by atoms with van der Waals surface area (Å²) in [6, 6.07) is 27.0. The molecule has 1 aliphatic heterocycles. The maximum absolute atomic E-state index is 14.2. The highest BCUT2D eigenvalue weighted by atomic mass is 127. The van der Waals surface area contributed by atoms with Gasteiger partial charge in [-0.15, -0.1) is 0 Å². The lowest BCUT2D eigenvalue weighted by Gasteiger charge is -2.25. The highest BCUT2D eigenvalue weighted by Crippen LogP contribution is 2.36. The summed E-state index contributed by atoms with van der Waals surface area (Å²) in [5, 5.41) is 9.45. The van der Waals surface area contributed by atoms with E-state index in [4.69, 9.17) is 19.2 Å². The molecule has 2 heterocycles. The smallest absolute Gasteiger partial charge is 0.338 e. The van der Waals surface area contributed by atoms with E-state index in [-0.39, 0.29) is 24.3 Å². The zero-order valence-electron chi connectivity index (χ0n) is 25.8. The van der Waals surface area contributed by atoms with Crippen molar-refractivity contribution in [2.24, 2.45) is 4.99 Å². The normalized spacial score (nSPS) is 14.1. The number of carbonyl (C=O) groups is 1. The Balaban J connectivity index is 1.49. The highest BCUT2D eigenvalue weighted by molar-refractivity contribution is 14.1.